The minimum Gasteiger partial charge on any atom is -0.389 e. The molecule has 0 bridgehead atoms. The molecular formula is C13H22N2O. The number of rotatable bonds is 6. The Hall–Kier alpha value is -1.09. The molecule has 90 valence electrons. The molecule has 0 radical (unpaired) electrons. The number of hydrogen-bond acceptors (Lipinski definition) is 3. The van der Waals surface area contributed by atoms with Crippen LogP contribution in [-0.4, -0.2) is 23.2 Å². The Labute approximate surface area is 98.1 Å². The van der Waals surface area contributed by atoms with E-state index in [1.54, 1.807) is 13.1 Å². The molecular weight excluding hydrogens is 200 g/mol. The van der Waals surface area contributed by atoms with E-state index in [2.05, 4.69) is 23.7 Å². The first-order chi connectivity index (χ1) is 7.69. The second kappa shape index (κ2) is 6.48. The summed E-state index contributed by atoms with van der Waals surface area (Å²) in [4.78, 5) is 6.65. The summed E-state index contributed by atoms with van der Waals surface area (Å²) in [5.74, 6) is 1.00. The Morgan fingerprint density at radius 2 is 2.12 bits per heavy atom. The summed E-state index contributed by atoms with van der Waals surface area (Å²) in [6.07, 6.45) is 3.71. The first-order valence-corrected chi connectivity index (χ1v) is 6.08. The Balaban J connectivity index is 2.70. The summed E-state index contributed by atoms with van der Waals surface area (Å²) >= 11 is 0. The van der Waals surface area contributed by atoms with Gasteiger partial charge < -0.3 is 10.0 Å². The van der Waals surface area contributed by atoms with Crippen LogP contribution < -0.4 is 4.90 Å². The van der Waals surface area contributed by atoms with Crippen LogP contribution in [0.15, 0.2) is 18.3 Å². The molecule has 0 amide bonds. The molecule has 0 aliphatic heterocycles. The zero-order valence-electron chi connectivity index (χ0n) is 10.5. The summed E-state index contributed by atoms with van der Waals surface area (Å²) in [6.45, 7) is 8.11. The monoisotopic (exact) mass is 222 g/mol. The van der Waals surface area contributed by atoms with Gasteiger partial charge in [0.05, 0.1) is 6.10 Å². The maximum Gasteiger partial charge on any atom is 0.128 e. The number of nitrogens with zero attached hydrogens (tertiary/aromatic N) is 2. The molecule has 1 atom stereocenters. The Morgan fingerprint density at radius 3 is 2.56 bits per heavy atom. The van der Waals surface area contributed by atoms with Gasteiger partial charge in [-0.15, -0.1) is 0 Å². The van der Waals surface area contributed by atoms with Crippen molar-refractivity contribution in [1.29, 1.82) is 0 Å². The van der Waals surface area contributed by atoms with E-state index in [9.17, 15) is 5.11 Å². The average molecular weight is 222 g/mol. The first kappa shape index (κ1) is 13.0. The zero-order valence-corrected chi connectivity index (χ0v) is 10.5. The standard InChI is InChI=1S/C13H22N2O/c1-4-6-9-15(5-2)13-8-7-12(10-14-13)11(3)16/h7-8,10-11,16H,4-6,9H2,1-3H3/t11-/m0/s1. The van der Waals surface area contributed by atoms with E-state index in [1.165, 1.54) is 12.8 Å². The fraction of sp³-hybridized carbons (Fsp3) is 0.615. The van der Waals surface area contributed by atoms with Crippen molar-refractivity contribution in [3.63, 3.8) is 0 Å². The average Bonchev–Trinajstić information content (AvgIpc) is 2.30. The van der Waals surface area contributed by atoms with Gasteiger partial charge in [0.1, 0.15) is 5.82 Å². The van der Waals surface area contributed by atoms with E-state index in [-0.39, 0.29) is 0 Å². The molecule has 1 N–H and O–H groups in total. The van der Waals surface area contributed by atoms with E-state index < -0.39 is 6.10 Å². The lowest BCUT2D eigenvalue weighted by Gasteiger charge is -2.21. The van der Waals surface area contributed by atoms with Crippen LogP contribution in [-0.2, 0) is 0 Å². The van der Waals surface area contributed by atoms with Gasteiger partial charge in [0.25, 0.3) is 0 Å². The second-order valence-corrected chi connectivity index (χ2v) is 4.06. The van der Waals surface area contributed by atoms with Gasteiger partial charge in [0.2, 0.25) is 0 Å². The number of unbranched alkanes of at least 4 members (excludes halogenated alkanes) is 1. The predicted molar refractivity (Wildman–Crippen MR) is 67.7 cm³/mol. The van der Waals surface area contributed by atoms with Crippen LogP contribution in [0.25, 0.3) is 0 Å². The minimum atomic E-state index is -0.438. The zero-order chi connectivity index (χ0) is 12.0. The largest absolute Gasteiger partial charge is 0.389 e. The number of aliphatic hydroxyl groups excluding tert-OH is 1. The van der Waals surface area contributed by atoms with Gasteiger partial charge in [-0.25, -0.2) is 4.98 Å². The van der Waals surface area contributed by atoms with Crippen LogP contribution in [0.4, 0.5) is 5.82 Å². The maximum atomic E-state index is 9.40. The normalized spacial score (nSPS) is 12.5. The molecule has 0 fully saturated rings. The van der Waals surface area contributed by atoms with Crippen LogP contribution in [0.5, 0.6) is 0 Å². The van der Waals surface area contributed by atoms with Crippen molar-refractivity contribution in [1.82, 2.24) is 4.98 Å². The summed E-state index contributed by atoms with van der Waals surface area (Å²) in [5.41, 5.74) is 0.871. The quantitative estimate of drug-likeness (QED) is 0.804. The molecule has 0 unspecified atom stereocenters. The molecule has 3 heteroatoms. The second-order valence-electron chi connectivity index (χ2n) is 4.06. The number of pyridine rings is 1. The third kappa shape index (κ3) is 3.49. The molecule has 0 spiro atoms. The molecule has 1 heterocycles. The highest BCUT2D eigenvalue weighted by atomic mass is 16.3. The summed E-state index contributed by atoms with van der Waals surface area (Å²) in [7, 11) is 0. The number of aliphatic hydroxyl groups is 1. The minimum absolute atomic E-state index is 0.438. The molecule has 0 aromatic carbocycles. The SMILES string of the molecule is CCCCN(CC)c1ccc([C@H](C)O)cn1. The highest BCUT2D eigenvalue weighted by molar-refractivity contribution is 5.39. The smallest absolute Gasteiger partial charge is 0.128 e. The summed E-state index contributed by atoms with van der Waals surface area (Å²) in [6, 6.07) is 3.93. The predicted octanol–water partition coefficient (Wildman–Crippen LogP) is 2.76. The van der Waals surface area contributed by atoms with Crippen molar-refractivity contribution in [3.8, 4) is 0 Å². The van der Waals surface area contributed by atoms with E-state index in [0.717, 1.165) is 24.5 Å². The topological polar surface area (TPSA) is 36.4 Å². The number of aromatic nitrogens is 1. The summed E-state index contributed by atoms with van der Waals surface area (Å²) < 4.78 is 0. The molecule has 0 aliphatic rings. The van der Waals surface area contributed by atoms with Gasteiger partial charge >= 0.3 is 0 Å². The Morgan fingerprint density at radius 1 is 1.38 bits per heavy atom. The summed E-state index contributed by atoms with van der Waals surface area (Å²) in [5, 5.41) is 9.40. The van der Waals surface area contributed by atoms with Crippen LogP contribution in [0.3, 0.4) is 0 Å². The van der Waals surface area contributed by atoms with E-state index >= 15 is 0 Å². The highest BCUT2D eigenvalue weighted by Gasteiger charge is 2.06. The van der Waals surface area contributed by atoms with Gasteiger partial charge in [-0.1, -0.05) is 19.4 Å². The fourth-order valence-corrected chi connectivity index (χ4v) is 1.62. The lowest BCUT2D eigenvalue weighted by molar-refractivity contribution is 0.199. The van der Waals surface area contributed by atoms with Gasteiger partial charge in [0, 0.05) is 19.3 Å². The molecule has 16 heavy (non-hydrogen) atoms. The molecule has 1 aromatic heterocycles. The molecule has 1 rings (SSSR count). The van der Waals surface area contributed by atoms with Crippen LogP contribution in [0.1, 0.15) is 45.3 Å². The van der Waals surface area contributed by atoms with Gasteiger partial charge in [-0.3, -0.25) is 0 Å². The highest BCUT2D eigenvalue weighted by Crippen LogP contribution is 2.16. The first-order valence-electron chi connectivity index (χ1n) is 6.08. The van der Waals surface area contributed by atoms with Crippen molar-refractivity contribution in [2.75, 3.05) is 18.0 Å². The van der Waals surface area contributed by atoms with Crippen molar-refractivity contribution in [3.05, 3.63) is 23.9 Å². The molecule has 3 nitrogen and oxygen atoms in total. The maximum absolute atomic E-state index is 9.40. The third-order valence-electron chi connectivity index (χ3n) is 2.74. The van der Waals surface area contributed by atoms with Crippen LogP contribution in [0.2, 0.25) is 0 Å². The lowest BCUT2D eigenvalue weighted by atomic mass is 10.2. The lowest BCUT2D eigenvalue weighted by Crippen LogP contribution is -2.24. The van der Waals surface area contributed by atoms with Gasteiger partial charge in [-0.05, 0) is 31.9 Å². The molecule has 0 aliphatic carbocycles. The van der Waals surface area contributed by atoms with Crippen molar-refractivity contribution >= 4 is 5.82 Å². The van der Waals surface area contributed by atoms with Crippen LogP contribution >= 0.6 is 0 Å². The Bertz CT molecular complexity index is 295. The fourth-order valence-electron chi connectivity index (χ4n) is 1.62. The number of anilines is 1. The van der Waals surface area contributed by atoms with Crippen molar-refractivity contribution in [2.45, 2.75) is 39.7 Å². The van der Waals surface area contributed by atoms with Crippen molar-refractivity contribution in [2.24, 2.45) is 0 Å². The van der Waals surface area contributed by atoms with E-state index in [1.807, 2.05) is 12.1 Å². The molecule has 0 saturated carbocycles. The van der Waals surface area contributed by atoms with E-state index in [4.69, 9.17) is 0 Å². The van der Waals surface area contributed by atoms with Gasteiger partial charge in [-0.2, -0.15) is 0 Å². The van der Waals surface area contributed by atoms with Crippen LogP contribution in [0, 0.1) is 0 Å². The number of hydrogen-bond donors (Lipinski definition) is 1. The third-order valence-corrected chi connectivity index (χ3v) is 2.74. The molecule has 1 aromatic rings. The molecule has 0 saturated heterocycles. The van der Waals surface area contributed by atoms with E-state index in [0.29, 0.717) is 0 Å². The Kier molecular flexibility index (Phi) is 5.26. The van der Waals surface area contributed by atoms with Gasteiger partial charge in [0.15, 0.2) is 0 Å². The van der Waals surface area contributed by atoms with Crippen molar-refractivity contribution < 1.29 is 5.11 Å².